The molecule has 2 N–H and O–H groups in total. The Balaban J connectivity index is 1.65. The molecule has 0 saturated carbocycles. The Labute approximate surface area is 142 Å². The van der Waals surface area contributed by atoms with Crippen LogP contribution in [-0.2, 0) is 0 Å². The van der Waals surface area contributed by atoms with Crippen molar-refractivity contribution < 1.29 is 9.50 Å². The molecule has 1 aromatic carbocycles. The summed E-state index contributed by atoms with van der Waals surface area (Å²) < 4.78 is 15.9. The Morgan fingerprint density at radius 2 is 2.20 bits per heavy atom. The minimum Gasteiger partial charge on any atom is -0.507 e. The van der Waals surface area contributed by atoms with Crippen LogP contribution in [0.5, 0.6) is 5.75 Å². The van der Waals surface area contributed by atoms with Crippen LogP contribution in [-0.4, -0.2) is 42.9 Å². The predicted octanol–water partition coefficient (Wildman–Crippen LogP) is 1.95. The monoisotopic (exact) mass is 338 g/mol. The van der Waals surface area contributed by atoms with Crippen LogP contribution in [0, 0.1) is 5.82 Å². The summed E-state index contributed by atoms with van der Waals surface area (Å²) in [6.07, 6.45) is 9.06. The lowest BCUT2D eigenvalue weighted by Crippen LogP contribution is -2.04. The van der Waals surface area contributed by atoms with Gasteiger partial charge in [-0.25, -0.2) is 14.4 Å². The van der Waals surface area contributed by atoms with Crippen LogP contribution in [0.1, 0.15) is 12.1 Å². The zero-order valence-electron chi connectivity index (χ0n) is 13.2. The molecule has 0 spiro atoms. The summed E-state index contributed by atoms with van der Waals surface area (Å²) in [5, 5.41) is 21.6. The van der Waals surface area contributed by atoms with Gasteiger partial charge in [-0.1, -0.05) is 5.57 Å². The number of aromatic hydroxyl groups is 1. The van der Waals surface area contributed by atoms with Crippen molar-refractivity contribution in [3.63, 3.8) is 0 Å². The van der Waals surface area contributed by atoms with Gasteiger partial charge in [-0.15, -0.1) is 10.2 Å². The summed E-state index contributed by atoms with van der Waals surface area (Å²) >= 11 is 0. The quantitative estimate of drug-likeness (QED) is 0.759. The lowest BCUT2D eigenvalue weighted by molar-refractivity contribution is 0.474. The summed E-state index contributed by atoms with van der Waals surface area (Å²) in [5.74, 6) is -0.476. The van der Waals surface area contributed by atoms with Crippen molar-refractivity contribution in [3.05, 3.63) is 54.1 Å². The first-order valence-corrected chi connectivity index (χ1v) is 7.82. The fourth-order valence-electron chi connectivity index (χ4n) is 2.72. The molecule has 0 radical (unpaired) electrons. The maximum atomic E-state index is 14.4. The molecule has 1 fully saturated rings. The highest BCUT2D eigenvalue weighted by Gasteiger charge is 2.15. The van der Waals surface area contributed by atoms with Crippen molar-refractivity contribution in [2.24, 2.45) is 0 Å². The third-order valence-corrected chi connectivity index (χ3v) is 3.99. The molecule has 0 amide bonds. The van der Waals surface area contributed by atoms with Gasteiger partial charge in [-0.2, -0.15) is 0 Å². The van der Waals surface area contributed by atoms with E-state index in [0.29, 0.717) is 5.69 Å². The molecule has 3 heterocycles. The van der Waals surface area contributed by atoms with Gasteiger partial charge in [0.25, 0.3) is 0 Å². The Morgan fingerprint density at radius 1 is 1.28 bits per heavy atom. The molecule has 2 aromatic heterocycles. The van der Waals surface area contributed by atoms with Gasteiger partial charge in [0, 0.05) is 25.0 Å². The maximum absolute atomic E-state index is 14.4. The van der Waals surface area contributed by atoms with Gasteiger partial charge in [-0.3, -0.25) is 0 Å². The van der Waals surface area contributed by atoms with Crippen molar-refractivity contribution >= 4 is 6.08 Å². The molecule has 1 saturated heterocycles. The van der Waals surface area contributed by atoms with E-state index in [1.54, 1.807) is 12.4 Å². The summed E-state index contributed by atoms with van der Waals surface area (Å²) in [7, 11) is 0. The van der Waals surface area contributed by atoms with E-state index in [9.17, 15) is 9.50 Å². The molecular formula is C17H15FN6O. The third-order valence-electron chi connectivity index (χ3n) is 3.99. The number of hydrogen-bond donors (Lipinski definition) is 2. The van der Waals surface area contributed by atoms with Crippen LogP contribution in [0.2, 0.25) is 0 Å². The Morgan fingerprint density at radius 3 is 2.88 bits per heavy atom. The first kappa shape index (κ1) is 15.4. The van der Waals surface area contributed by atoms with Crippen LogP contribution in [0.3, 0.4) is 0 Å². The van der Waals surface area contributed by atoms with E-state index in [0.717, 1.165) is 19.5 Å². The molecule has 1 aliphatic heterocycles. The lowest BCUT2D eigenvalue weighted by Gasteiger charge is -2.08. The van der Waals surface area contributed by atoms with E-state index in [2.05, 4.69) is 25.5 Å². The number of phenols is 1. The number of nitrogens with one attached hydrogen (secondary N) is 1. The van der Waals surface area contributed by atoms with Crippen molar-refractivity contribution in [2.45, 2.75) is 6.42 Å². The molecule has 1 aliphatic rings. The molecule has 0 aliphatic carbocycles. The standard InChI is InChI=1S/C17H15FN6O/c18-14-6-13(16(25)7-15(14)24-4-3-20-10-24)17-21-9-12(22-23-17)5-11-1-2-19-8-11/h3-7,9-10,19,25H,1-2,8H2. The zero-order valence-corrected chi connectivity index (χ0v) is 13.2. The van der Waals surface area contributed by atoms with Crippen LogP contribution >= 0.6 is 0 Å². The van der Waals surface area contributed by atoms with Gasteiger partial charge < -0.3 is 15.0 Å². The van der Waals surface area contributed by atoms with E-state index in [1.807, 2.05) is 6.08 Å². The van der Waals surface area contributed by atoms with Crippen LogP contribution in [0.15, 0.2) is 42.6 Å². The summed E-state index contributed by atoms with van der Waals surface area (Å²) in [4.78, 5) is 8.07. The Hall–Kier alpha value is -3.13. The minimum atomic E-state index is -0.516. The predicted molar refractivity (Wildman–Crippen MR) is 89.5 cm³/mol. The summed E-state index contributed by atoms with van der Waals surface area (Å²) in [5.41, 5.74) is 2.26. The fourth-order valence-corrected chi connectivity index (χ4v) is 2.72. The molecule has 4 rings (SSSR count). The van der Waals surface area contributed by atoms with Crippen molar-refractivity contribution in [2.75, 3.05) is 13.1 Å². The first-order chi connectivity index (χ1) is 12.2. The number of benzene rings is 1. The highest BCUT2D eigenvalue weighted by Crippen LogP contribution is 2.30. The van der Waals surface area contributed by atoms with Crippen molar-refractivity contribution in [1.82, 2.24) is 30.0 Å². The molecule has 126 valence electrons. The van der Waals surface area contributed by atoms with Gasteiger partial charge >= 0.3 is 0 Å². The highest BCUT2D eigenvalue weighted by molar-refractivity contribution is 5.66. The summed E-state index contributed by atoms with van der Waals surface area (Å²) in [6, 6.07) is 2.51. The van der Waals surface area contributed by atoms with Gasteiger partial charge in [0.05, 0.1) is 23.8 Å². The van der Waals surface area contributed by atoms with Gasteiger partial charge in [0.1, 0.15) is 17.3 Å². The largest absolute Gasteiger partial charge is 0.507 e. The summed E-state index contributed by atoms with van der Waals surface area (Å²) in [6.45, 7) is 1.80. The van der Waals surface area contributed by atoms with E-state index >= 15 is 0 Å². The van der Waals surface area contributed by atoms with E-state index in [1.165, 1.54) is 34.8 Å². The number of halogens is 1. The fraction of sp³-hybridized carbons (Fsp3) is 0.176. The van der Waals surface area contributed by atoms with Crippen molar-refractivity contribution in [1.29, 1.82) is 0 Å². The van der Waals surface area contributed by atoms with Crippen molar-refractivity contribution in [3.8, 4) is 22.8 Å². The molecule has 0 atom stereocenters. The molecule has 0 unspecified atom stereocenters. The second-order valence-corrected chi connectivity index (χ2v) is 5.73. The normalized spacial score (nSPS) is 15.8. The number of rotatable bonds is 3. The number of hydrogen-bond acceptors (Lipinski definition) is 6. The molecule has 0 bridgehead atoms. The highest BCUT2D eigenvalue weighted by atomic mass is 19.1. The molecule has 8 heteroatoms. The Bertz CT molecular complexity index is 913. The number of phenolic OH excluding ortho intramolecular Hbond substituents is 1. The van der Waals surface area contributed by atoms with Crippen LogP contribution in [0.4, 0.5) is 4.39 Å². The third kappa shape index (κ3) is 3.11. The van der Waals surface area contributed by atoms with Crippen LogP contribution in [0.25, 0.3) is 23.2 Å². The average Bonchev–Trinajstić information content (AvgIpc) is 3.31. The second-order valence-electron chi connectivity index (χ2n) is 5.73. The topological polar surface area (TPSA) is 88.8 Å². The van der Waals surface area contributed by atoms with E-state index in [4.69, 9.17) is 0 Å². The van der Waals surface area contributed by atoms with Crippen LogP contribution < -0.4 is 5.32 Å². The number of nitrogens with zero attached hydrogens (tertiary/aromatic N) is 5. The average molecular weight is 338 g/mol. The second kappa shape index (κ2) is 6.40. The zero-order chi connectivity index (χ0) is 17.2. The molecule has 25 heavy (non-hydrogen) atoms. The minimum absolute atomic E-state index is 0.127. The Kier molecular flexibility index (Phi) is 3.95. The van der Waals surface area contributed by atoms with Gasteiger partial charge in [0.15, 0.2) is 5.82 Å². The number of aromatic nitrogens is 5. The van der Waals surface area contributed by atoms with Gasteiger partial charge in [0.2, 0.25) is 0 Å². The smallest absolute Gasteiger partial charge is 0.185 e. The van der Waals surface area contributed by atoms with Gasteiger partial charge in [-0.05, 0) is 25.1 Å². The molecule has 7 nitrogen and oxygen atoms in total. The SMILES string of the molecule is Oc1cc(-n2ccnc2)c(F)cc1-c1ncc(C=C2CCNC2)nn1. The first-order valence-electron chi connectivity index (χ1n) is 7.82. The molecule has 3 aromatic rings. The lowest BCUT2D eigenvalue weighted by atomic mass is 10.1. The maximum Gasteiger partial charge on any atom is 0.185 e. The van der Waals surface area contributed by atoms with E-state index in [-0.39, 0.29) is 22.8 Å². The van der Waals surface area contributed by atoms with E-state index < -0.39 is 5.82 Å². The molecular weight excluding hydrogens is 323 g/mol. The number of imidazole rings is 1.